The molecule has 9 heavy (non-hydrogen) atoms. The third-order valence-electron chi connectivity index (χ3n) is 0.410. The van der Waals surface area contributed by atoms with Crippen LogP contribution in [0.15, 0.2) is 0 Å². The number of alkyl halides is 3. The minimum atomic E-state index is -5.08. The number of halogens is 4. The normalized spacial score (nSPS) is 13.0. The summed E-state index contributed by atoms with van der Waals surface area (Å²) < 4.78 is 44.7. The predicted octanol–water partition coefficient (Wildman–Crippen LogP) is 2.77. The van der Waals surface area contributed by atoms with E-state index in [2.05, 4.69) is 8.34 Å². The maximum absolute atomic E-state index is 11.5. The average molecular weight is 178 g/mol. The summed E-state index contributed by atoms with van der Waals surface area (Å²) in [6.45, 7) is 0. The molecule has 0 aromatic rings. The van der Waals surface area contributed by atoms with E-state index in [-0.39, 0.29) is 0 Å². The molecule has 0 aliphatic carbocycles. The Labute approximate surface area is 50.6 Å². The molecule has 1 unspecified atom stereocenters. The van der Waals surface area contributed by atoms with Crippen LogP contribution in [-0.2, 0) is 4.79 Å². The molecule has 0 saturated carbocycles. The van der Waals surface area contributed by atoms with Crippen molar-refractivity contribution < 1.29 is 22.2 Å². The first-order valence-corrected chi connectivity index (χ1v) is 4.00. The number of hydrogen-bond acceptors (Lipinski definition) is 1. The molecule has 0 fully saturated rings. The van der Waals surface area contributed by atoms with Crippen LogP contribution in [0.1, 0.15) is 0 Å². The monoisotopic (exact) mass is 178 g/mol. The van der Waals surface area contributed by atoms with E-state index in [1.165, 1.54) is 0 Å². The van der Waals surface area contributed by atoms with Gasteiger partial charge in [0.25, 0.3) is 0 Å². The van der Waals surface area contributed by atoms with E-state index in [0.717, 1.165) is 0 Å². The van der Waals surface area contributed by atoms with E-state index in [1.807, 2.05) is 0 Å². The van der Waals surface area contributed by atoms with Crippen LogP contribution in [0.3, 0.4) is 0 Å². The first-order valence-electron chi connectivity index (χ1n) is 1.61. The van der Waals surface area contributed by atoms with E-state index in [4.69, 9.17) is 0 Å². The number of rotatable bonds is 0. The summed E-state index contributed by atoms with van der Waals surface area (Å²) in [5, 5.41) is 0. The number of carbonyl (C=O) groups is 1. The van der Waals surface area contributed by atoms with Crippen LogP contribution in [-0.4, -0.2) is 11.7 Å². The molecule has 0 bridgehead atoms. The van der Waals surface area contributed by atoms with Gasteiger partial charge in [-0.1, -0.05) is 0 Å². The van der Waals surface area contributed by atoms with E-state index >= 15 is 0 Å². The van der Waals surface area contributed by atoms with Gasteiger partial charge in [0.2, 0.25) is 0 Å². The van der Waals surface area contributed by atoms with Crippen LogP contribution in [0.2, 0.25) is 0 Å². The van der Waals surface area contributed by atoms with E-state index in [1.54, 1.807) is 0 Å². The van der Waals surface area contributed by atoms with Crippen molar-refractivity contribution in [1.29, 1.82) is 0 Å². The van der Waals surface area contributed by atoms with Crippen molar-refractivity contribution in [3.63, 3.8) is 0 Å². The number of carbonyl (C=O) groups excluding carboxylic acids is 1. The van der Waals surface area contributed by atoms with Crippen LogP contribution in [0.25, 0.3) is 0 Å². The molecule has 0 aliphatic rings. The summed E-state index contributed by atoms with van der Waals surface area (Å²) in [4.78, 5) is 9.62. The molecule has 52 valence electrons. The SMILES string of the molecule is O=C(P(F)#P)C(F)(F)F. The molecule has 1 nitrogen and oxygen atoms in total. The Morgan fingerprint density at radius 3 is 1.78 bits per heavy atom. The van der Waals surface area contributed by atoms with Gasteiger partial charge < -0.3 is 0 Å². The zero-order valence-electron chi connectivity index (χ0n) is 3.81. The van der Waals surface area contributed by atoms with Crippen LogP contribution >= 0.6 is 15.7 Å². The van der Waals surface area contributed by atoms with Crippen LogP contribution in [0, 0.1) is 0 Å². The first kappa shape index (κ1) is 9.12. The van der Waals surface area contributed by atoms with E-state index < -0.39 is 19.0 Å². The van der Waals surface area contributed by atoms with Crippen LogP contribution < -0.4 is 0 Å². The van der Waals surface area contributed by atoms with Crippen LogP contribution in [0.4, 0.5) is 17.4 Å². The minimum absolute atomic E-state index is 2.40. The summed E-state index contributed by atoms with van der Waals surface area (Å²) >= 11 is 0. The Hall–Kier alpha value is 0.120. The topological polar surface area (TPSA) is 17.1 Å². The predicted molar refractivity (Wildman–Crippen MR) is 26.0 cm³/mol. The van der Waals surface area contributed by atoms with Gasteiger partial charge in [0.05, 0.1) is 0 Å². The van der Waals surface area contributed by atoms with Crippen molar-refractivity contribution in [2.75, 3.05) is 0 Å². The molecule has 0 amide bonds. The van der Waals surface area contributed by atoms with Gasteiger partial charge in [-0.2, -0.15) is 0 Å². The summed E-state index contributed by atoms with van der Waals surface area (Å²) in [6.07, 6.45) is -5.08. The van der Waals surface area contributed by atoms with Crippen molar-refractivity contribution in [2.45, 2.75) is 6.18 Å². The van der Waals surface area contributed by atoms with E-state index in [9.17, 15) is 22.2 Å². The van der Waals surface area contributed by atoms with E-state index in [0.29, 0.717) is 0 Å². The molecule has 0 heterocycles. The maximum atomic E-state index is 11.5. The van der Waals surface area contributed by atoms with Crippen molar-refractivity contribution in [3.8, 4) is 0 Å². The fourth-order valence-electron chi connectivity index (χ4n) is 0.105. The molecular weight excluding hydrogens is 178 g/mol. The van der Waals surface area contributed by atoms with Gasteiger partial charge in [0, 0.05) is 0 Å². The first-order chi connectivity index (χ1) is 3.85. The third kappa shape index (κ3) is 2.97. The average Bonchev–Trinajstić information content (AvgIpc) is 1.62. The van der Waals surface area contributed by atoms with Gasteiger partial charge in [-0.3, -0.25) is 0 Å². The summed E-state index contributed by atoms with van der Waals surface area (Å²) in [7, 11) is -0.604. The zero-order chi connectivity index (χ0) is 7.65. The molecule has 0 radical (unpaired) electrons. The standard InChI is InChI=1S/C2F4OP2/c3-2(4,5)1(7)9(6)8. The Bertz CT molecular complexity index is 185. The molecule has 0 N–H and O–H groups in total. The second-order valence-electron chi connectivity index (χ2n) is 1.06. The van der Waals surface area contributed by atoms with Gasteiger partial charge in [-0.15, -0.1) is 0 Å². The molecule has 0 aromatic carbocycles. The molecule has 0 spiro atoms. The molecule has 0 aromatic heterocycles. The zero-order valence-corrected chi connectivity index (χ0v) is 5.60. The summed E-state index contributed by atoms with van der Waals surface area (Å²) in [6, 6.07) is 0. The molecule has 7 heteroatoms. The van der Waals surface area contributed by atoms with Gasteiger partial charge in [-0.05, 0) is 0 Å². The molecule has 0 saturated heterocycles. The Morgan fingerprint density at radius 2 is 1.78 bits per heavy atom. The Kier molecular flexibility index (Phi) is 2.84. The van der Waals surface area contributed by atoms with Gasteiger partial charge in [-0.25, -0.2) is 0 Å². The Balaban J connectivity index is 4.30. The van der Waals surface area contributed by atoms with Gasteiger partial charge in [0.15, 0.2) is 0 Å². The van der Waals surface area contributed by atoms with Crippen molar-refractivity contribution in [1.82, 2.24) is 0 Å². The molecule has 0 rings (SSSR count). The quantitative estimate of drug-likeness (QED) is 0.411. The van der Waals surface area contributed by atoms with Crippen molar-refractivity contribution in [3.05, 3.63) is 0 Å². The van der Waals surface area contributed by atoms with Crippen molar-refractivity contribution >= 4 is 21.2 Å². The van der Waals surface area contributed by atoms with Crippen molar-refractivity contribution in [2.24, 2.45) is 0 Å². The van der Waals surface area contributed by atoms with Crippen LogP contribution in [0.5, 0.6) is 0 Å². The summed E-state index contributed by atoms with van der Waals surface area (Å²) in [5.74, 6) is 0. The molecule has 1 atom stereocenters. The third-order valence-corrected chi connectivity index (χ3v) is 1.54. The van der Waals surface area contributed by atoms with Gasteiger partial charge in [0.1, 0.15) is 0 Å². The second kappa shape index (κ2) is 2.80. The Morgan fingerprint density at radius 1 is 1.44 bits per heavy atom. The summed E-state index contributed by atoms with van der Waals surface area (Å²) in [5.41, 5.74) is -2.40. The molecular formula is C2F4OP2. The fraction of sp³-hybridized carbons (Fsp3) is 0.500. The second-order valence-corrected chi connectivity index (χ2v) is 3.04. The number of hydrogen-bond donors (Lipinski definition) is 0. The fourth-order valence-corrected chi connectivity index (χ4v) is 0.654. The molecule has 0 aliphatic heterocycles. The van der Waals surface area contributed by atoms with Gasteiger partial charge >= 0.3 is 49.5 Å².